The zero-order chi connectivity index (χ0) is 14.9. The maximum atomic E-state index is 5.84. The van der Waals surface area contributed by atoms with E-state index in [-0.39, 0.29) is 0 Å². The van der Waals surface area contributed by atoms with Crippen LogP contribution in [0.4, 0.5) is 0 Å². The first-order valence-corrected chi connectivity index (χ1v) is 8.54. The molecule has 5 heteroatoms. The molecule has 2 aliphatic heterocycles. The van der Waals surface area contributed by atoms with Gasteiger partial charge in [0.25, 0.3) is 0 Å². The predicted octanol–water partition coefficient (Wildman–Crippen LogP) is 2.77. The molecule has 2 aliphatic rings. The van der Waals surface area contributed by atoms with E-state index in [9.17, 15) is 0 Å². The Morgan fingerprint density at radius 1 is 1.32 bits per heavy atom. The molecule has 0 spiro atoms. The van der Waals surface area contributed by atoms with Gasteiger partial charge in [-0.1, -0.05) is 6.92 Å². The van der Waals surface area contributed by atoms with Gasteiger partial charge in [0.2, 0.25) is 0 Å². The first kappa shape index (κ1) is 14.2. The first-order valence-electron chi connectivity index (χ1n) is 8.54. The summed E-state index contributed by atoms with van der Waals surface area (Å²) < 4.78 is 8.22. The van der Waals surface area contributed by atoms with Crippen molar-refractivity contribution in [3.63, 3.8) is 0 Å². The third-order valence-electron chi connectivity index (χ3n) is 4.99. The van der Waals surface area contributed by atoms with E-state index in [0.29, 0.717) is 12.3 Å². The number of pyridine rings is 1. The Kier molecular flexibility index (Phi) is 3.84. The van der Waals surface area contributed by atoms with E-state index in [1.165, 1.54) is 25.8 Å². The van der Waals surface area contributed by atoms with Crippen molar-refractivity contribution < 1.29 is 4.74 Å². The second kappa shape index (κ2) is 5.97. The average Bonchev–Trinajstić information content (AvgIpc) is 3.25. The zero-order valence-corrected chi connectivity index (χ0v) is 13.2. The summed E-state index contributed by atoms with van der Waals surface area (Å²) in [6.45, 7) is 5.39. The van der Waals surface area contributed by atoms with Gasteiger partial charge in [-0.2, -0.15) is 0 Å². The third-order valence-corrected chi connectivity index (χ3v) is 4.99. The molecule has 0 bridgehead atoms. The monoisotopic (exact) mass is 300 g/mol. The Balaban J connectivity index is 1.75. The van der Waals surface area contributed by atoms with E-state index >= 15 is 0 Å². The smallest absolute Gasteiger partial charge is 0.161 e. The van der Waals surface area contributed by atoms with Crippen LogP contribution in [0.2, 0.25) is 0 Å². The molecule has 2 unspecified atom stereocenters. The normalized spacial score (nSPS) is 26.2. The van der Waals surface area contributed by atoms with Crippen molar-refractivity contribution in [3.05, 3.63) is 24.2 Å². The van der Waals surface area contributed by atoms with Gasteiger partial charge in [-0.25, -0.2) is 9.97 Å². The van der Waals surface area contributed by atoms with Crippen LogP contribution >= 0.6 is 0 Å². The highest BCUT2D eigenvalue weighted by Gasteiger charge is 2.30. The molecule has 4 rings (SSSR count). The first-order chi connectivity index (χ1) is 10.9. The summed E-state index contributed by atoms with van der Waals surface area (Å²) in [6, 6.07) is 4.05. The van der Waals surface area contributed by atoms with Gasteiger partial charge in [-0.15, -0.1) is 0 Å². The fraction of sp³-hybridized carbons (Fsp3) is 0.647. The zero-order valence-electron chi connectivity index (χ0n) is 13.2. The summed E-state index contributed by atoms with van der Waals surface area (Å²) in [5, 5.41) is 0. The Hall–Kier alpha value is -1.46. The Bertz CT molecular complexity index is 647. The largest absolute Gasteiger partial charge is 0.378 e. The van der Waals surface area contributed by atoms with Crippen molar-refractivity contribution in [1.82, 2.24) is 19.4 Å². The van der Waals surface area contributed by atoms with Crippen LogP contribution in [0.5, 0.6) is 0 Å². The SMILES string of the molecule is CCN1CCCC1n1c(CC2CCCO2)nc2cccnc21. The van der Waals surface area contributed by atoms with Gasteiger partial charge in [-0.05, 0) is 44.4 Å². The van der Waals surface area contributed by atoms with E-state index in [1.54, 1.807) is 0 Å². The van der Waals surface area contributed by atoms with Gasteiger partial charge in [0.1, 0.15) is 11.3 Å². The van der Waals surface area contributed by atoms with Crippen LogP contribution in [0.1, 0.15) is 44.6 Å². The number of fused-ring (bicyclic) bond motifs is 1. The lowest BCUT2D eigenvalue weighted by Crippen LogP contribution is -2.29. The van der Waals surface area contributed by atoms with Crippen molar-refractivity contribution in [2.45, 2.75) is 51.3 Å². The van der Waals surface area contributed by atoms with Crippen LogP contribution in [0.3, 0.4) is 0 Å². The number of imidazole rings is 1. The van der Waals surface area contributed by atoms with E-state index in [2.05, 4.69) is 27.4 Å². The van der Waals surface area contributed by atoms with Crippen LogP contribution in [-0.4, -0.2) is 45.2 Å². The number of aromatic nitrogens is 3. The van der Waals surface area contributed by atoms with Crippen molar-refractivity contribution in [1.29, 1.82) is 0 Å². The molecule has 0 aromatic carbocycles. The molecule has 0 amide bonds. The second-order valence-electron chi connectivity index (χ2n) is 6.33. The maximum absolute atomic E-state index is 5.84. The molecule has 2 aromatic rings. The maximum Gasteiger partial charge on any atom is 0.161 e. The van der Waals surface area contributed by atoms with Gasteiger partial charge in [0.05, 0.1) is 12.3 Å². The second-order valence-corrected chi connectivity index (χ2v) is 6.33. The lowest BCUT2D eigenvalue weighted by atomic mass is 10.1. The summed E-state index contributed by atoms with van der Waals surface area (Å²) in [7, 11) is 0. The van der Waals surface area contributed by atoms with Crippen LogP contribution in [0.15, 0.2) is 18.3 Å². The molecule has 0 N–H and O–H groups in total. The lowest BCUT2D eigenvalue weighted by molar-refractivity contribution is 0.107. The molecular weight excluding hydrogens is 276 g/mol. The molecule has 5 nitrogen and oxygen atoms in total. The quantitative estimate of drug-likeness (QED) is 0.871. The number of likely N-dealkylation sites (tertiary alicyclic amines) is 1. The highest BCUT2D eigenvalue weighted by molar-refractivity contribution is 5.71. The Labute approximate surface area is 131 Å². The molecule has 2 fully saturated rings. The molecule has 0 radical (unpaired) electrons. The predicted molar refractivity (Wildman–Crippen MR) is 85.7 cm³/mol. The molecule has 2 saturated heterocycles. The highest BCUT2D eigenvalue weighted by Crippen LogP contribution is 2.32. The van der Waals surface area contributed by atoms with E-state index < -0.39 is 0 Å². The summed E-state index contributed by atoms with van der Waals surface area (Å²) in [4.78, 5) is 12.0. The minimum atomic E-state index is 0.326. The van der Waals surface area contributed by atoms with Crippen LogP contribution < -0.4 is 0 Å². The number of nitrogens with zero attached hydrogens (tertiary/aromatic N) is 4. The van der Waals surface area contributed by atoms with Gasteiger partial charge in [-0.3, -0.25) is 9.47 Å². The van der Waals surface area contributed by atoms with Crippen molar-refractivity contribution in [2.24, 2.45) is 0 Å². The Morgan fingerprint density at radius 2 is 2.27 bits per heavy atom. The molecule has 0 saturated carbocycles. The molecule has 0 aliphatic carbocycles. The van der Waals surface area contributed by atoms with Crippen LogP contribution in [0, 0.1) is 0 Å². The fourth-order valence-electron chi connectivity index (χ4n) is 3.91. The summed E-state index contributed by atoms with van der Waals surface area (Å²) in [5.74, 6) is 1.14. The van der Waals surface area contributed by atoms with Gasteiger partial charge >= 0.3 is 0 Å². The van der Waals surface area contributed by atoms with E-state index in [0.717, 1.165) is 43.0 Å². The molecule has 2 atom stereocenters. The minimum Gasteiger partial charge on any atom is -0.378 e. The molecular formula is C17H24N4O. The van der Waals surface area contributed by atoms with Gasteiger partial charge < -0.3 is 4.74 Å². The lowest BCUT2D eigenvalue weighted by Gasteiger charge is -2.26. The Morgan fingerprint density at radius 3 is 3.09 bits per heavy atom. The fourth-order valence-corrected chi connectivity index (χ4v) is 3.91. The molecule has 118 valence electrons. The molecule has 22 heavy (non-hydrogen) atoms. The highest BCUT2D eigenvalue weighted by atomic mass is 16.5. The summed E-state index contributed by atoms with van der Waals surface area (Å²) >= 11 is 0. The number of hydrogen-bond donors (Lipinski definition) is 0. The van der Waals surface area contributed by atoms with Crippen LogP contribution in [-0.2, 0) is 11.2 Å². The van der Waals surface area contributed by atoms with Crippen molar-refractivity contribution >= 4 is 11.2 Å². The van der Waals surface area contributed by atoms with Crippen molar-refractivity contribution in [3.8, 4) is 0 Å². The van der Waals surface area contributed by atoms with E-state index in [1.807, 2.05) is 12.3 Å². The number of ether oxygens (including phenoxy) is 1. The van der Waals surface area contributed by atoms with Gasteiger partial charge in [0, 0.05) is 25.8 Å². The van der Waals surface area contributed by atoms with Crippen LogP contribution in [0.25, 0.3) is 11.2 Å². The molecule has 4 heterocycles. The van der Waals surface area contributed by atoms with E-state index in [4.69, 9.17) is 9.72 Å². The summed E-state index contributed by atoms with van der Waals surface area (Å²) in [5.41, 5.74) is 2.04. The standard InChI is InChI=1S/C17H24N4O/c1-2-20-10-4-8-16(20)21-15(12-13-6-5-11-22-13)19-14-7-3-9-18-17(14)21/h3,7,9,13,16H,2,4-6,8,10-12H2,1H3. The number of rotatable bonds is 4. The number of hydrogen-bond acceptors (Lipinski definition) is 4. The molecule has 2 aromatic heterocycles. The minimum absolute atomic E-state index is 0.326. The average molecular weight is 300 g/mol. The summed E-state index contributed by atoms with van der Waals surface area (Å²) in [6.07, 6.45) is 8.28. The third kappa shape index (κ3) is 2.42. The van der Waals surface area contributed by atoms with Crippen molar-refractivity contribution in [2.75, 3.05) is 19.7 Å². The topological polar surface area (TPSA) is 43.2 Å². The van der Waals surface area contributed by atoms with Gasteiger partial charge in [0.15, 0.2) is 5.65 Å².